The molecule has 0 aliphatic heterocycles. The van der Waals surface area contributed by atoms with Gasteiger partial charge in [0, 0.05) is 5.69 Å². The second-order valence-corrected chi connectivity index (χ2v) is 5.39. The number of carboxylic acids is 1. The molecule has 0 heterocycles. The number of nitriles is 1. The van der Waals surface area contributed by atoms with E-state index >= 15 is 0 Å². The number of aliphatic carboxylic acids is 1. The van der Waals surface area contributed by atoms with Crippen LogP contribution in [0.1, 0.15) is 31.2 Å². The molecule has 1 aliphatic rings. The van der Waals surface area contributed by atoms with Crippen LogP contribution in [-0.2, 0) is 4.79 Å². The number of halogens is 1. The molecule has 0 unspecified atom stereocenters. The minimum Gasteiger partial charge on any atom is -0.480 e. The van der Waals surface area contributed by atoms with Crippen molar-refractivity contribution in [2.45, 2.75) is 31.2 Å². The van der Waals surface area contributed by atoms with Gasteiger partial charge >= 0.3 is 12.0 Å². The summed E-state index contributed by atoms with van der Waals surface area (Å²) in [5, 5.41) is 23.4. The Morgan fingerprint density at radius 3 is 2.52 bits per heavy atom. The van der Waals surface area contributed by atoms with Crippen molar-refractivity contribution in [3.05, 3.63) is 28.8 Å². The van der Waals surface area contributed by atoms with E-state index in [1.165, 1.54) is 18.2 Å². The Kier molecular flexibility index (Phi) is 4.34. The van der Waals surface area contributed by atoms with E-state index < -0.39 is 17.5 Å². The van der Waals surface area contributed by atoms with Gasteiger partial charge in [-0.05, 0) is 31.0 Å². The lowest BCUT2D eigenvalue weighted by molar-refractivity contribution is -0.144. The highest BCUT2D eigenvalue weighted by molar-refractivity contribution is 6.32. The zero-order chi connectivity index (χ0) is 15.5. The molecule has 1 saturated carbocycles. The van der Waals surface area contributed by atoms with Crippen LogP contribution in [0.15, 0.2) is 18.2 Å². The van der Waals surface area contributed by atoms with Crippen LogP contribution in [0.4, 0.5) is 10.5 Å². The molecule has 0 radical (unpaired) electrons. The van der Waals surface area contributed by atoms with Crippen LogP contribution in [0.3, 0.4) is 0 Å². The number of anilines is 1. The Morgan fingerprint density at radius 1 is 1.33 bits per heavy atom. The van der Waals surface area contributed by atoms with Crippen molar-refractivity contribution >= 4 is 29.3 Å². The molecule has 7 heteroatoms. The zero-order valence-electron chi connectivity index (χ0n) is 11.1. The van der Waals surface area contributed by atoms with Crippen LogP contribution in [0.5, 0.6) is 0 Å². The molecular formula is C14H14ClN3O3. The van der Waals surface area contributed by atoms with E-state index in [0.29, 0.717) is 24.1 Å². The van der Waals surface area contributed by atoms with Gasteiger partial charge in [0.15, 0.2) is 0 Å². The fourth-order valence-electron chi connectivity index (χ4n) is 2.43. The highest BCUT2D eigenvalue weighted by Crippen LogP contribution is 2.30. The zero-order valence-corrected chi connectivity index (χ0v) is 11.9. The average Bonchev–Trinajstić information content (AvgIpc) is 2.88. The molecule has 0 aromatic heterocycles. The number of carboxylic acid groups (broad SMARTS) is 1. The van der Waals surface area contributed by atoms with Crippen molar-refractivity contribution in [2.75, 3.05) is 5.32 Å². The standard InChI is InChI=1S/C14H14ClN3O3/c15-11-7-10(4-3-9(11)8-16)17-13(21)18-14(12(19)20)5-1-2-6-14/h3-4,7H,1-2,5-6H2,(H,19,20)(H2,17,18,21). The maximum Gasteiger partial charge on any atom is 0.329 e. The molecular weight excluding hydrogens is 294 g/mol. The predicted molar refractivity (Wildman–Crippen MR) is 77.2 cm³/mol. The summed E-state index contributed by atoms with van der Waals surface area (Å²) in [6.45, 7) is 0. The van der Waals surface area contributed by atoms with E-state index in [1.54, 1.807) is 0 Å². The lowest BCUT2D eigenvalue weighted by atomic mass is 9.98. The van der Waals surface area contributed by atoms with Crippen LogP contribution in [-0.4, -0.2) is 22.6 Å². The molecule has 0 saturated heterocycles. The molecule has 21 heavy (non-hydrogen) atoms. The summed E-state index contributed by atoms with van der Waals surface area (Å²) >= 11 is 5.87. The molecule has 0 atom stereocenters. The van der Waals surface area contributed by atoms with Gasteiger partial charge in [0.05, 0.1) is 10.6 Å². The fraction of sp³-hybridized carbons (Fsp3) is 0.357. The van der Waals surface area contributed by atoms with Gasteiger partial charge in [0.1, 0.15) is 11.6 Å². The van der Waals surface area contributed by atoms with E-state index in [-0.39, 0.29) is 5.02 Å². The van der Waals surface area contributed by atoms with Gasteiger partial charge in [-0.2, -0.15) is 5.26 Å². The van der Waals surface area contributed by atoms with Crippen molar-refractivity contribution in [2.24, 2.45) is 0 Å². The van der Waals surface area contributed by atoms with Crippen LogP contribution in [0, 0.1) is 11.3 Å². The molecule has 2 amide bonds. The molecule has 1 fully saturated rings. The average molecular weight is 308 g/mol. The monoisotopic (exact) mass is 307 g/mol. The Morgan fingerprint density at radius 2 is 2.00 bits per heavy atom. The number of hydrogen-bond donors (Lipinski definition) is 3. The summed E-state index contributed by atoms with van der Waals surface area (Å²) in [4.78, 5) is 23.3. The highest BCUT2D eigenvalue weighted by atomic mass is 35.5. The van der Waals surface area contributed by atoms with Gasteiger partial charge in [0.25, 0.3) is 0 Å². The molecule has 3 N–H and O–H groups in total. The van der Waals surface area contributed by atoms with Gasteiger partial charge in [-0.1, -0.05) is 24.4 Å². The number of carbonyl (C=O) groups is 2. The molecule has 0 bridgehead atoms. The van der Waals surface area contributed by atoms with Crippen LogP contribution >= 0.6 is 11.6 Å². The van der Waals surface area contributed by atoms with Crippen molar-refractivity contribution < 1.29 is 14.7 Å². The number of urea groups is 1. The summed E-state index contributed by atoms with van der Waals surface area (Å²) in [5.41, 5.74) is -0.490. The summed E-state index contributed by atoms with van der Waals surface area (Å²) < 4.78 is 0. The van der Waals surface area contributed by atoms with E-state index in [1.807, 2.05) is 6.07 Å². The normalized spacial score (nSPS) is 16.0. The van der Waals surface area contributed by atoms with Crippen molar-refractivity contribution in [1.29, 1.82) is 5.26 Å². The van der Waals surface area contributed by atoms with Crippen molar-refractivity contribution in [3.63, 3.8) is 0 Å². The highest BCUT2D eigenvalue weighted by Gasteiger charge is 2.42. The van der Waals surface area contributed by atoms with Gasteiger partial charge < -0.3 is 15.7 Å². The van der Waals surface area contributed by atoms with E-state index in [9.17, 15) is 14.7 Å². The molecule has 110 valence electrons. The number of rotatable bonds is 3. The van der Waals surface area contributed by atoms with Crippen molar-refractivity contribution in [1.82, 2.24) is 5.32 Å². The van der Waals surface area contributed by atoms with E-state index in [4.69, 9.17) is 16.9 Å². The molecule has 1 aliphatic carbocycles. The fourth-order valence-corrected chi connectivity index (χ4v) is 2.66. The van der Waals surface area contributed by atoms with Gasteiger partial charge in [0.2, 0.25) is 0 Å². The Bertz CT molecular complexity index is 618. The number of nitrogens with zero attached hydrogens (tertiary/aromatic N) is 1. The first kappa shape index (κ1) is 15.1. The third-order valence-electron chi connectivity index (χ3n) is 3.57. The maximum atomic E-state index is 12.0. The number of benzene rings is 1. The summed E-state index contributed by atoms with van der Waals surface area (Å²) in [5.74, 6) is -1.02. The summed E-state index contributed by atoms with van der Waals surface area (Å²) in [7, 11) is 0. The minimum atomic E-state index is -1.19. The molecule has 0 spiro atoms. The number of amides is 2. The number of hydrogen-bond acceptors (Lipinski definition) is 3. The van der Waals surface area contributed by atoms with E-state index in [2.05, 4.69) is 10.6 Å². The molecule has 1 aromatic rings. The van der Waals surface area contributed by atoms with Crippen LogP contribution < -0.4 is 10.6 Å². The molecule has 6 nitrogen and oxygen atoms in total. The first-order valence-electron chi connectivity index (χ1n) is 6.49. The Hall–Kier alpha value is -2.26. The number of carbonyl (C=O) groups excluding carboxylic acids is 1. The lowest BCUT2D eigenvalue weighted by Crippen LogP contribution is -2.53. The van der Waals surface area contributed by atoms with Crippen LogP contribution in [0.25, 0.3) is 0 Å². The maximum absolute atomic E-state index is 12.0. The predicted octanol–water partition coefficient (Wildman–Crippen LogP) is 2.73. The van der Waals surface area contributed by atoms with Gasteiger partial charge in [-0.25, -0.2) is 9.59 Å². The summed E-state index contributed by atoms with van der Waals surface area (Å²) in [6.07, 6.45) is 2.39. The summed E-state index contributed by atoms with van der Waals surface area (Å²) in [6, 6.07) is 5.79. The topological polar surface area (TPSA) is 102 Å². The van der Waals surface area contributed by atoms with Crippen LogP contribution in [0.2, 0.25) is 5.02 Å². The molecule has 1 aromatic carbocycles. The van der Waals surface area contributed by atoms with E-state index in [0.717, 1.165) is 12.8 Å². The SMILES string of the molecule is N#Cc1ccc(NC(=O)NC2(C(=O)O)CCCC2)cc1Cl. The van der Waals surface area contributed by atoms with Crippen molar-refractivity contribution in [3.8, 4) is 6.07 Å². The number of nitrogens with one attached hydrogen (secondary N) is 2. The minimum absolute atomic E-state index is 0.226. The smallest absolute Gasteiger partial charge is 0.329 e. The molecule has 2 rings (SSSR count). The quantitative estimate of drug-likeness (QED) is 0.799. The first-order valence-corrected chi connectivity index (χ1v) is 6.87. The Balaban J connectivity index is 2.06. The Labute approximate surface area is 126 Å². The lowest BCUT2D eigenvalue weighted by Gasteiger charge is -2.25. The third kappa shape index (κ3) is 3.26. The first-order chi connectivity index (χ1) is 9.97. The van der Waals surface area contributed by atoms with Gasteiger partial charge in [-0.15, -0.1) is 0 Å². The third-order valence-corrected chi connectivity index (χ3v) is 3.88. The second kappa shape index (κ2) is 6.02. The second-order valence-electron chi connectivity index (χ2n) is 4.98. The van der Waals surface area contributed by atoms with Gasteiger partial charge in [-0.3, -0.25) is 0 Å². The largest absolute Gasteiger partial charge is 0.480 e.